The molecule has 0 radical (unpaired) electrons. The molecule has 1 fully saturated rings. The first-order chi connectivity index (χ1) is 4.61. The molecule has 3 N–H and O–H groups in total. The van der Waals surface area contributed by atoms with E-state index in [1.54, 1.807) is 0 Å². The lowest BCUT2D eigenvalue weighted by Crippen LogP contribution is -2.53. The number of piperidine rings is 1. The number of hydrogen-bond donors (Lipinski definition) is 2. The van der Waals surface area contributed by atoms with Crippen LogP contribution in [0.2, 0.25) is 0 Å². The minimum Gasteiger partial charge on any atom is -0.352 e. The molecule has 1 rings (SSSR count). The molecule has 0 aliphatic carbocycles. The summed E-state index contributed by atoms with van der Waals surface area (Å²) in [4.78, 5) is 11.0. The number of rotatable bonds is 0. The summed E-state index contributed by atoms with van der Waals surface area (Å²) in [6, 6.07) is -0.00139. The van der Waals surface area contributed by atoms with Crippen molar-refractivity contribution in [2.24, 2.45) is 11.7 Å². The van der Waals surface area contributed by atoms with Gasteiger partial charge in [0.15, 0.2) is 0 Å². The normalized spacial score (nSPS) is 41.1. The maximum atomic E-state index is 11.0. The van der Waals surface area contributed by atoms with Crippen LogP contribution in [0.15, 0.2) is 0 Å². The van der Waals surface area contributed by atoms with Crippen molar-refractivity contribution in [2.45, 2.75) is 32.4 Å². The lowest BCUT2D eigenvalue weighted by molar-refractivity contribution is -0.126. The summed E-state index contributed by atoms with van der Waals surface area (Å²) < 4.78 is 0. The van der Waals surface area contributed by atoms with Crippen LogP contribution in [0, 0.1) is 5.92 Å². The fourth-order valence-electron chi connectivity index (χ4n) is 1.36. The highest BCUT2D eigenvalue weighted by atomic mass is 16.2. The first kappa shape index (κ1) is 7.54. The Morgan fingerprint density at radius 2 is 2.20 bits per heavy atom. The number of carbonyl (C=O) groups excluding carboxylic acids is 1. The number of nitrogens with one attached hydrogen (secondary N) is 1. The molecule has 0 spiro atoms. The van der Waals surface area contributed by atoms with Gasteiger partial charge in [0.25, 0.3) is 0 Å². The number of hydrogen-bond acceptors (Lipinski definition) is 2. The Balaban J connectivity index is 2.57. The summed E-state index contributed by atoms with van der Waals surface area (Å²) in [5.74, 6) is 0.315. The zero-order chi connectivity index (χ0) is 7.72. The SMILES string of the molecule is CC1CC(C)C(N)C(=O)N1. The van der Waals surface area contributed by atoms with E-state index in [2.05, 4.69) is 5.32 Å². The largest absolute Gasteiger partial charge is 0.352 e. The second kappa shape index (κ2) is 2.58. The van der Waals surface area contributed by atoms with Gasteiger partial charge in [-0.2, -0.15) is 0 Å². The Labute approximate surface area is 61.0 Å². The average molecular weight is 142 g/mol. The Hall–Kier alpha value is -0.570. The molecule has 1 aliphatic rings. The third-order valence-corrected chi connectivity index (χ3v) is 2.03. The lowest BCUT2D eigenvalue weighted by Gasteiger charge is -2.29. The van der Waals surface area contributed by atoms with Gasteiger partial charge in [-0.25, -0.2) is 0 Å². The first-order valence-corrected chi connectivity index (χ1v) is 3.67. The molecule has 0 bridgehead atoms. The Morgan fingerprint density at radius 3 is 2.70 bits per heavy atom. The molecule has 0 aromatic rings. The van der Waals surface area contributed by atoms with E-state index in [-0.39, 0.29) is 11.9 Å². The van der Waals surface area contributed by atoms with E-state index in [1.165, 1.54) is 0 Å². The van der Waals surface area contributed by atoms with Crippen molar-refractivity contribution in [1.82, 2.24) is 5.32 Å². The monoisotopic (exact) mass is 142 g/mol. The highest BCUT2D eigenvalue weighted by Crippen LogP contribution is 2.14. The summed E-state index contributed by atoms with van der Waals surface area (Å²) in [5, 5.41) is 2.80. The van der Waals surface area contributed by atoms with E-state index in [4.69, 9.17) is 5.73 Å². The van der Waals surface area contributed by atoms with Crippen molar-refractivity contribution >= 4 is 5.91 Å². The van der Waals surface area contributed by atoms with Crippen LogP contribution in [0.5, 0.6) is 0 Å². The molecular formula is C7H14N2O. The summed E-state index contributed by atoms with van der Waals surface area (Å²) >= 11 is 0. The van der Waals surface area contributed by atoms with Crippen molar-refractivity contribution in [3.05, 3.63) is 0 Å². The molecule has 0 aromatic carbocycles. The van der Waals surface area contributed by atoms with Crippen molar-refractivity contribution in [1.29, 1.82) is 0 Å². The van der Waals surface area contributed by atoms with Gasteiger partial charge in [-0.1, -0.05) is 6.92 Å². The fourth-order valence-corrected chi connectivity index (χ4v) is 1.36. The Kier molecular flexibility index (Phi) is 1.94. The van der Waals surface area contributed by atoms with E-state index in [0.29, 0.717) is 12.0 Å². The van der Waals surface area contributed by atoms with Gasteiger partial charge >= 0.3 is 0 Å². The standard InChI is InChI=1S/C7H14N2O/c1-4-3-5(2)9-7(10)6(4)8/h4-6H,3,8H2,1-2H3,(H,9,10). The second-order valence-electron chi connectivity index (χ2n) is 3.15. The molecule has 1 aliphatic heterocycles. The summed E-state index contributed by atoms with van der Waals surface area (Å²) in [6.07, 6.45) is 0.993. The fraction of sp³-hybridized carbons (Fsp3) is 0.857. The van der Waals surface area contributed by atoms with Gasteiger partial charge in [-0.15, -0.1) is 0 Å². The van der Waals surface area contributed by atoms with Gasteiger partial charge in [-0.3, -0.25) is 4.79 Å². The molecule has 1 heterocycles. The van der Waals surface area contributed by atoms with Crippen molar-refractivity contribution in [3.63, 3.8) is 0 Å². The minimum absolute atomic E-state index is 0.00810. The van der Waals surface area contributed by atoms with E-state index in [9.17, 15) is 4.79 Å². The zero-order valence-corrected chi connectivity index (χ0v) is 6.42. The number of carbonyl (C=O) groups is 1. The van der Waals surface area contributed by atoms with Crippen molar-refractivity contribution in [2.75, 3.05) is 0 Å². The van der Waals surface area contributed by atoms with Crippen LogP contribution >= 0.6 is 0 Å². The van der Waals surface area contributed by atoms with Crippen molar-refractivity contribution in [3.8, 4) is 0 Å². The van der Waals surface area contributed by atoms with E-state index in [1.807, 2.05) is 13.8 Å². The van der Waals surface area contributed by atoms with Gasteiger partial charge in [0, 0.05) is 6.04 Å². The van der Waals surface area contributed by atoms with Gasteiger partial charge in [0.1, 0.15) is 0 Å². The summed E-state index contributed by atoms with van der Waals surface area (Å²) in [5.41, 5.74) is 5.57. The lowest BCUT2D eigenvalue weighted by atomic mass is 9.91. The first-order valence-electron chi connectivity index (χ1n) is 3.67. The third kappa shape index (κ3) is 1.29. The molecule has 0 aromatic heterocycles. The van der Waals surface area contributed by atoms with Crippen molar-refractivity contribution < 1.29 is 4.79 Å². The molecule has 3 unspecified atom stereocenters. The molecule has 3 nitrogen and oxygen atoms in total. The quantitative estimate of drug-likeness (QED) is 0.494. The zero-order valence-electron chi connectivity index (χ0n) is 6.42. The molecule has 3 heteroatoms. The number of amides is 1. The highest BCUT2D eigenvalue weighted by molar-refractivity contribution is 5.82. The minimum atomic E-state index is -0.295. The molecule has 3 atom stereocenters. The van der Waals surface area contributed by atoms with Gasteiger partial charge in [-0.05, 0) is 19.3 Å². The predicted molar refractivity (Wildman–Crippen MR) is 39.4 cm³/mol. The van der Waals surface area contributed by atoms with Gasteiger partial charge in [0.05, 0.1) is 6.04 Å². The molecule has 1 saturated heterocycles. The van der Waals surface area contributed by atoms with Crippen LogP contribution in [-0.2, 0) is 4.79 Å². The van der Waals surface area contributed by atoms with E-state index >= 15 is 0 Å². The molecule has 10 heavy (non-hydrogen) atoms. The second-order valence-corrected chi connectivity index (χ2v) is 3.15. The molecule has 0 saturated carbocycles. The summed E-state index contributed by atoms with van der Waals surface area (Å²) in [7, 11) is 0. The van der Waals surface area contributed by atoms with Crippen LogP contribution in [0.25, 0.3) is 0 Å². The maximum Gasteiger partial charge on any atom is 0.237 e. The van der Waals surface area contributed by atoms with Gasteiger partial charge in [0.2, 0.25) is 5.91 Å². The molecular weight excluding hydrogens is 128 g/mol. The Bertz CT molecular complexity index is 147. The van der Waals surface area contributed by atoms with Crippen LogP contribution in [-0.4, -0.2) is 18.0 Å². The molecule has 1 amide bonds. The van der Waals surface area contributed by atoms with E-state index in [0.717, 1.165) is 6.42 Å². The van der Waals surface area contributed by atoms with Gasteiger partial charge < -0.3 is 11.1 Å². The van der Waals surface area contributed by atoms with Crippen LogP contribution < -0.4 is 11.1 Å². The topological polar surface area (TPSA) is 55.1 Å². The summed E-state index contributed by atoms with van der Waals surface area (Å²) in [6.45, 7) is 4.01. The third-order valence-electron chi connectivity index (χ3n) is 2.03. The van der Waals surface area contributed by atoms with Crippen LogP contribution in [0.3, 0.4) is 0 Å². The average Bonchev–Trinajstić information content (AvgIpc) is 1.82. The maximum absolute atomic E-state index is 11.0. The predicted octanol–water partition coefficient (Wildman–Crippen LogP) is -0.142. The van der Waals surface area contributed by atoms with Crippen LogP contribution in [0.4, 0.5) is 0 Å². The highest BCUT2D eigenvalue weighted by Gasteiger charge is 2.28. The number of nitrogens with two attached hydrogens (primary N) is 1. The van der Waals surface area contributed by atoms with Crippen LogP contribution in [0.1, 0.15) is 20.3 Å². The smallest absolute Gasteiger partial charge is 0.237 e. The molecule has 58 valence electrons. The Morgan fingerprint density at radius 1 is 1.60 bits per heavy atom. The van der Waals surface area contributed by atoms with E-state index < -0.39 is 0 Å².